The van der Waals surface area contributed by atoms with E-state index in [1.54, 1.807) is 29.2 Å². The fourth-order valence-corrected chi connectivity index (χ4v) is 2.58. The number of nitrogens with zero attached hydrogens (tertiary/aromatic N) is 2. The molecule has 7 heteroatoms. The largest absolute Gasteiger partial charge is 0.370 e. The molecule has 0 bridgehead atoms. The van der Waals surface area contributed by atoms with E-state index in [1.165, 1.54) is 6.07 Å². The molecule has 1 N–H and O–H groups in total. The number of ether oxygens (including phenoxy) is 1. The van der Waals surface area contributed by atoms with E-state index in [-0.39, 0.29) is 12.6 Å². The summed E-state index contributed by atoms with van der Waals surface area (Å²) in [5.74, 6) is -1.87. The quantitative estimate of drug-likeness (QED) is 0.908. The van der Waals surface area contributed by atoms with Crippen LogP contribution in [0, 0.1) is 23.0 Å². The number of amides is 2. The Hall–Kier alpha value is -2.98. The molecule has 1 fully saturated rings. The van der Waals surface area contributed by atoms with Crippen LogP contribution in [-0.4, -0.2) is 30.6 Å². The third kappa shape index (κ3) is 3.92. The molecule has 0 spiro atoms. The number of hydrogen-bond acceptors (Lipinski definition) is 3. The van der Waals surface area contributed by atoms with Gasteiger partial charge >= 0.3 is 6.03 Å². The van der Waals surface area contributed by atoms with Gasteiger partial charge < -0.3 is 15.0 Å². The monoisotopic (exact) mass is 343 g/mol. The third-order valence-electron chi connectivity index (χ3n) is 3.93. The second-order valence-electron chi connectivity index (χ2n) is 5.60. The zero-order chi connectivity index (χ0) is 17.8. The Kier molecular flexibility index (Phi) is 4.91. The SMILES string of the molecule is N#Cc1ccc(NC(=O)N2CCO[C@@H](c3ccc(F)c(F)c3)C2)cc1. The first-order chi connectivity index (χ1) is 12.1. The van der Waals surface area contributed by atoms with Crippen molar-refractivity contribution in [1.82, 2.24) is 4.90 Å². The van der Waals surface area contributed by atoms with Crippen molar-refractivity contribution in [2.45, 2.75) is 6.10 Å². The lowest BCUT2D eigenvalue weighted by Crippen LogP contribution is -2.44. The summed E-state index contributed by atoms with van der Waals surface area (Å²) in [4.78, 5) is 13.9. The molecule has 5 nitrogen and oxygen atoms in total. The van der Waals surface area contributed by atoms with Gasteiger partial charge in [0.25, 0.3) is 0 Å². The van der Waals surface area contributed by atoms with Crippen molar-refractivity contribution in [3.05, 3.63) is 65.2 Å². The molecule has 1 saturated heterocycles. The van der Waals surface area contributed by atoms with Crippen molar-refractivity contribution in [3.8, 4) is 6.07 Å². The molecule has 2 amide bonds. The highest BCUT2D eigenvalue weighted by atomic mass is 19.2. The first kappa shape index (κ1) is 16.9. The Bertz CT molecular complexity index is 818. The minimum Gasteiger partial charge on any atom is -0.370 e. The van der Waals surface area contributed by atoms with Gasteiger partial charge in [0.2, 0.25) is 0 Å². The van der Waals surface area contributed by atoms with Gasteiger partial charge in [-0.2, -0.15) is 5.26 Å². The highest BCUT2D eigenvalue weighted by Crippen LogP contribution is 2.24. The fraction of sp³-hybridized carbons (Fsp3) is 0.222. The van der Waals surface area contributed by atoms with Crippen molar-refractivity contribution in [3.63, 3.8) is 0 Å². The van der Waals surface area contributed by atoms with Gasteiger partial charge in [0.1, 0.15) is 6.10 Å². The Morgan fingerprint density at radius 2 is 1.96 bits per heavy atom. The number of halogens is 2. The standard InChI is InChI=1S/C18H15F2N3O2/c19-15-6-3-13(9-16(15)20)17-11-23(7-8-25-17)18(24)22-14-4-1-12(10-21)2-5-14/h1-6,9,17H,7-8,11H2,(H,22,24)/t17-/m1/s1. The van der Waals surface area contributed by atoms with E-state index < -0.39 is 17.7 Å². The number of nitriles is 1. The van der Waals surface area contributed by atoms with E-state index in [9.17, 15) is 13.6 Å². The summed E-state index contributed by atoms with van der Waals surface area (Å²) >= 11 is 0. The van der Waals surface area contributed by atoms with Gasteiger partial charge in [0.15, 0.2) is 11.6 Å². The molecule has 128 valence electrons. The smallest absolute Gasteiger partial charge is 0.322 e. The molecule has 3 rings (SSSR count). The first-order valence-corrected chi connectivity index (χ1v) is 7.69. The molecule has 0 unspecified atom stereocenters. The average molecular weight is 343 g/mol. The summed E-state index contributed by atoms with van der Waals surface area (Å²) in [7, 11) is 0. The van der Waals surface area contributed by atoms with Crippen LogP contribution in [0.15, 0.2) is 42.5 Å². The number of morpholine rings is 1. The summed E-state index contributed by atoms with van der Waals surface area (Å²) in [6.45, 7) is 0.917. The molecule has 1 atom stereocenters. The molecule has 0 saturated carbocycles. The lowest BCUT2D eigenvalue weighted by molar-refractivity contribution is -0.0136. The Morgan fingerprint density at radius 1 is 1.20 bits per heavy atom. The molecule has 2 aromatic carbocycles. The van der Waals surface area contributed by atoms with Crippen molar-refractivity contribution in [2.24, 2.45) is 0 Å². The number of carbonyl (C=O) groups is 1. The highest BCUT2D eigenvalue weighted by molar-refractivity contribution is 5.89. The number of rotatable bonds is 2. The van der Waals surface area contributed by atoms with Crippen molar-refractivity contribution < 1.29 is 18.3 Å². The average Bonchev–Trinajstić information content (AvgIpc) is 2.64. The van der Waals surface area contributed by atoms with Gasteiger partial charge in [-0.05, 0) is 42.0 Å². The topological polar surface area (TPSA) is 65.4 Å². The van der Waals surface area contributed by atoms with Crippen LogP contribution in [0.25, 0.3) is 0 Å². The highest BCUT2D eigenvalue weighted by Gasteiger charge is 2.26. The lowest BCUT2D eigenvalue weighted by Gasteiger charge is -2.33. The summed E-state index contributed by atoms with van der Waals surface area (Å²) in [5.41, 5.74) is 1.55. The van der Waals surface area contributed by atoms with E-state index in [1.807, 2.05) is 6.07 Å². The minimum atomic E-state index is -0.944. The lowest BCUT2D eigenvalue weighted by atomic mass is 10.1. The van der Waals surface area contributed by atoms with Crippen LogP contribution in [0.1, 0.15) is 17.2 Å². The van der Waals surface area contributed by atoms with Crippen LogP contribution >= 0.6 is 0 Å². The van der Waals surface area contributed by atoms with Crippen LogP contribution < -0.4 is 5.32 Å². The first-order valence-electron chi connectivity index (χ1n) is 7.69. The Morgan fingerprint density at radius 3 is 2.64 bits per heavy atom. The minimum absolute atomic E-state index is 0.229. The molecule has 2 aromatic rings. The molecular weight excluding hydrogens is 328 g/mol. The van der Waals surface area contributed by atoms with Gasteiger partial charge in [-0.15, -0.1) is 0 Å². The van der Waals surface area contributed by atoms with Gasteiger partial charge in [-0.1, -0.05) is 6.07 Å². The van der Waals surface area contributed by atoms with Crippen LogP contribution in [0.5, 0.6) is 0 Å². The molecule has 0 radical (unpaired) electrons. The third-order valence-corrected chi connectivity index (χ3v) is 3.93. The molecule has 0 aromatic heterocycles. The van der Waals surface area contributed by atoms with E-state index in [0.29, 0.717) is 30.0 Å². The normalized spacial score (nSPS) is 17.0. The van der Waals surface area contributed by atoms with Crippen LogP contribution in [-0.2, 0) is 4.74 Å². The predicted octanol–water partition coefficient (Wildman–Crippen LogP) is 3.44. The van der Waals surface area contributed by atoms with Crippen LogP contribution in [0.4, 0.5) is 19.3 Å². The number of hydrogen-bond donors (Lipinski definition) is 1. The summed E-state index contributed by atoms with van der Waals surface area (Å²) in [5, 5.41) is 11.5. The molecular formula is C18H15F2N3O2. The maximum atomic E-state index is 13.4. The van der Waals surface area contributed by atoms with Crippen molar-refractivity contribution in [1.29, 1.82) is 5.26 Å². The molecule has 1 aliphatic heterocycles. The maximum Gasteiger partial charge on any atom is 0.322 e. The Balaban J connectivity index is 1.66. The van der Waals surface area contributed by atoms with E-state index in [4.69, 9.17) is 10.00 Å². The molecule has 0 aliphatic carbocycles. The molecule has 1 heterocycles. The van der Waals surface area contributed by atoms with E-state index >= 15 is 0 Å². The Labute approximate surface area is 143 Å². The van der Waals surface area contributed by atoms with Crippen LogP contribution in [0.3, 0.4) is 0 Å². The van der Waals surface area contributed by atoms with Crippen molar-refractivity contribution in [2.75, 3.05) is 25.0 Å². The summed E-state index contributed by atoms with van der Waals surface area (Å²) < 4.78 is 32.0. The second-order valence-corrected chi connectivity index (χ2v) is 5.60. The summed E-state index contributed by atoms with van der Waals surface area (Å²) in [6.07, 6.45) is -0.518. The summed E-state index contributed by atoms with van der Waals surface area (Å²) in [6, 6.07) is 11.8. The molecule has 25 heavy (non-hydrogen) atoms. The van der Waals surface area contributed by atoms with Crippen LogP contribution in [0.2, 0.25) is 0 Å². The number of anilines is 1. The number of benzene rings is 2. The van der Waals surface area contributed by atoms with Crippen molar-refractivity contribution >= 4 is 11.7 Å². The maximum absolute atomic E-state index is 13.4. The molecule has 1 aliphatic rings. The van der Waals surface area contributed by atoms with Gasteiger partial charge in [-0.25, -0.2) is 13.6 Å². The van der Waals surface area contributed by atoms with E-state index in [2.05, 4.69) is 5.32 Å². The number of urea groups is 1. The zero-order valence-corrected chi connectivity index (χ0v) is 13.2. The number of carbonyl (C=O) groups excluding carboxylic acids is 1. The van der Waals surface area contributed by atoms with E-state index in [0.717, 1.165) is 12.1 Å². The van der Waals surface area contributed by atoms with Gasteiger partial charge in [0.05, 0.1) is 24.8 Å². The number of nitrogens with one attached hydrogen (secondary N) is 1. The second kappa shape index (κ2) is 7.28. The van der Waals surface area contributed by atoms with Gasteiger partial charge in [-0.3, -0.25) is 0 Å². The predicted molar refractivity (Wildman–Crippen MR) is 86.8 cm³/mol. The fourth-order valence-electron chi connectivity index (χ4n) is 2.58. The van der Waals surface area contributed by atoms with Gasteiger partial charge in [0, 0.05) is 12.2 Å². The zero-order valence-electron chi connectivity index (χ0n) is 13.2.